The van der Waals surface area contributed by atoms with Crippen LogP contribution in [0.1, 0.15) is 11.1 Å². The summed E-state index contributed by atoms with van der Waals surface area (Å²) < 4.78 is 40.4. The van der Waals surface area contributed by atoms with Crippen LogP contribution in [0.15, 0.2) is 59.6 Å². The summed E-state index contributed by atoms with van der Waals surface area (Å²) in [6, 6.07) is 12.7. The summed E-state index contributed by atoms with van der Waals surface area (Å²) in [4.78, 5) is 4.48. The summed E-state index contributed by atoms with van der Waals surface area (Å²) in [5, 5.41) is 0.587. The van der Waals surface area contributed by atoms with Gasteiger partial charge in [-0.3, -0.25) is 4.98 Å². The zero-order valence-corrected chi connectivity index (χ0v) is 14.2. The predicted molar refractivity (Wildman–Crippen MR) is 91.5 cm³/mol. The van der Waals surface area contributed by atoms with Crippen LogP contribution in [-0.4, -0.2) is 24.8 Å². The number of aromatic nitrogens is 1. The van der Waals surface area contributed by atoms with Gasteiger partial charge in [-0.2, -0.15) is 4.31 Å². The average molecular weight is 344 g/mol. The van der Waals surface area contributed by atoms with Gasteiger partial charge in [0.15, 0.2) is 0 Å². The molecule has 2 aromatic carbocycles. The average Bonchev–Trinajstić information content (AvgIpc) is 2.55. The fraction of sp³-hybridized carbons (Fsp3) is 0.167. The minimum atomic E-state index is -3.72. The zero-order valence-electron chi connectivity index (χ0n) is 13.4. The van der Waals surface area contributed by atoms with Crippen LogP contribution in [-0.2, 0) is 16.6 Å². The van der Waals surface area contributed by atoms with E-state index in [2.05, 4.69) is 4.98 Å². The van der Waals surface area contributed by atoms with Crippen LogP contribution in [0.3, 0.4) is 0 Å². The van der Waals surface area contributed by atoms with Gasteiger partial charge in [0, 0.05) is 25.2 Å². The lowest BCUT2D eigenvalue weighted by Gasteiger charge is -2.19. The van der Waals surface area contributed by atoms with Crippen molar-refractivity contribution in [3.05, 3.63) is 71.7 Å². The third-order valence-corrected chi connectivity index (χ3v) is 5.78. The maximum absolute atomic E-state index is 13.3. The van der Waals surface area contributed by atoms with Crippen molar-refractivity contribution < 1.29 is 12.8 Å². The van der Waals surface area contributed by atoms with E-state index in [0.29, 0.717) is 16.5 Å². The summed E-state index contributed by atoms with van der Waals surface area (Å²) >= 11 is 0. The van der Waals surface area contributed by atoms with Crippen molar-refractivity contribution >= 4 is 20.9 Å². The van der Waals surface area contributed by atoms with E-state index in [0.717, 1.165) is 5.56 Å². The molecule has 0 aliphatic heterocycles. The fourth-order valence-electron chi connectivity index (χ4n) is 2.66. The van der Waals surface area contributed by atoms with Gasteiger partial charge < -0.3 is 0 Å². The molecule has 3 aromatic rings. The highest BCUT2D eigenvalue weighted by Gasteiger charge is 2.24. The van der Waals surface area contributed by atoms with E-state index in [4.69, 9.17) is 0 Å². The van der Waals surface area contributed by atoms with Crippen molar-refractivity contribution in [1.82, 2.24) is 9.29 Å². The number of halogens is 1. The quantitative estimate of drug-likeness (QED) is 0.728. The highest BCUT2D eigenvalue weighted by molar-refractivity contribution is 7.89. The summed E-state index contributed by atoms with van der Waals surface area (Å²) in [5.74, 6) is -0.386. The SMILES string of the molecule is Cc1ccc(S(=O)(=O)N(C)Cc2cccc(F)c2)c2cccnc12. The highest BCUT2D eigenvalue weighted by atomic mass is 32.2. The van der Waals surface area contributed by atoms with E-state index < -0.39 is 10.0 Å². The first-order valence-electron chi connectivity index (χ1n) is 7.45. The van der Waals surface area contributed by atoms with Gasteiger partial charge in [0.2, 0.25) is 10.0 Å². The number of benzene rings is 2. The third kappa shape index (κ3) is 3.02. The number of aryl methyl sites for hydroxylation is 1. The van der Waals surface area contributed by atoms with Gasteiger partial charge in [-0.15, -0.1) is 0 Å². The topological polar surface area (TPSA) is 50.3 Å². The van der Waals surface area contributed by atoms with Gasteiger partial charge >= 0.3 is 0 Å². The first-order valence-corrected chi connectivity index (χ1v) is 8.89. The largest absolute Gasteiger partial charge is 0.256 e. The second-order valence-electron chi connectivity index (χ2n) is 5.67. The molecule has 0 N–H and O–H groups in total. The monoisotopic (exact) mass is 344 g/mol. The van der Waals surface area contributed by atoms with Crippen LogP contribution in [0.25, 0.3) is 10.9 Å². The number of rotatable bonds is 4. The molecule has 3 rings (SSSR count). The van der Waals surface area contributed by atoms with Crippen molar-refractivity contribution in [3.63, 3.8) is 0 Å². The van der Waals surface area contributed by atoms with E-state index in [1.54, 1.807) is 42.6 Å². The number of hydrogen-bond acceptors (Lipinski definition) is 3. The summed E-state index contributed by atoms with van der Waals surface area (Å²) in [5.41, 5.74) is 2.17. The van der Waals surface area contributed by atoms with Gasteiger partial charge in [0.05, 0.1) is 10.4 Å². The van der Waals surface area contributed by atoms with Crippen LogP contribution in [0.2, 0.25) is 0 Å². The molecular weight excluding hydrogens is 327 g/mol. The van der Waals surface area contributed by atoms with E-state index in [1.165, 1.54) is 23.5 Å². The molecule has 4 nitrogen and oxygen atoms in total. The first kappa shape index (κ1) is 16.5. The molecule has 0 saturated heterocycles. The van der Waals surface area contributed by atoms with E-state index in [1.807, 2.05) is 6.92 Å². The zero-order chi connectivity index (χ0) is 17.3. The molecule has 0 aliphatic rings. The van der Waals surface area contributed by atoms with Gasteiger partial charge in [-0.05, 0) is 48.4 Å². The summed E-state index contributed by atoms with van der Waals surface area (Å²) in [6.07, 6.45) is 1.64. The Morgan fingerprint density at radius 1 is 1.12 bits per heavy atom. The van der Waals surface area contributed by atoms with Gasteiger partial charge in [-0.25, -0.2) is 12.8 Å². The normalized spacial score (nSPS) is 12.0. The molecule has 0 saturated carbocycles. The molecular formula is C18H17FN2O2S. The molecule has 0 fully saturated rings. The molecule has 24 heavy (non-hydrogen) atoms. The minimum absolute atomic E-state index is 0.0930. The Balaban J connectivity index is 2.03. The molecule has 0 atom stereocenters. The molecule has 124 valence electrons. The molecule has 6 heteroatoms. The molecule has 0 bridgehead atoms. The van der Waals surface area contributed by atoms with Crippen LogP contribution < -0.4 is 0 Å². The van der Waals surface area contributed by atoms with E-state index in [9.17, 15) is 12.8 Å². The van der Waals surface area contributed by atoms with Crippen LogP contribution in [0, 0.1) is 12.7 Å². The second-order valence-corrected chi connectivity index (χ2v) is 7.68. The van der Waals surface area contributed by atoms with Crippen molar-refractivity contribution in [2.45, 2.75) is 18.4 Å². The fourth-order valence-corrected chi connectivity index (χ4v) is 4.00. The first-order chi connectivity index (χ1) is 11.4. The molecule has 0 amide bonds. The number of pyridine rings is 1. The standard InChI is InChI=1S/C18H17FN2O2S/c1-13-8-9-17(16-7-4-10-20-18(13)16)24(22,23)21(2)12-14-5-3-6-15(19)11-14/h3-11H,12H2,1-2H3. The third-order valence-electron chi connectivity index (χ3n) is 3.91. The Morgan fingerprint density at radius 3 is 2.67 bits per heavy atom. The molecule has 1 heterocycles. The lowest BCUT2D eigenvalue weighted by molar-refractivity contribution is 0.466. The highest BCUT2D eigenvalue weighted by Crippen LogP contribution is 2.27. The Hall–Kier alpha value is -2.31. The Labute approximate surface area is 140 Å². The Bertz CT molecular complexity index is 1000. The number of nitrogens with zero attached hydrogens (tertiary/aromatic N) is 2. The number of hydrogen-bond donors (Lipinski definition) is 0. The van der Waals surface area contributed by atoms with Gasteiger partial charge in [-0.1, -0.05) is 18.2 Å². The summed E-state index contributed by atoms with van der Waals surface area (Å²) in [7, 11) is -2.23. The molecule has 0 aliphatic carbocycles. The van der Waals surface area contributed by atoms with Crippen molar-refractivity contribution in [2.24, 2.45) is 0 Å². The molecule has 0 unspecified atom stereocenters. The maximum atomic E-state index is 13.3. The van der Waals surface area contributed by atoms with E-state index in [-0.39, 0.29) is 17.3 Å². The smallest absolute Gasteiger partial charge is 0.243 e. The van der Waals surface area contributed by atoms with Crippen molar-refractivity contribution in [1.29, 1.82) is 0 Å². The van der Waals surface area contributed by atoms with Gasteiger partial charge in [0.1, 0.15) is 5.82 Å². The molecule has 0 spiro atoms. The van der Waals surface area contributed by atoms with Crippen molar-refractivity contribution in [3.8, 4) is 0 Å². The van der Waals surface area contributed by atoms with Crippen molar-refractivity contribution in [2.75, 3.05) is 7.05 Å². The Morgan fingerprint density at radius 2 is 1.92 bits per heavy atom. The minimum Gasteiger partial charge on any atom is -0.256 e. The second kappa shape index (κ2) is 6.30. The molecule has 0 radical (unpaired) electrons. The molecule has 1 aromatic heterocycles. The van der Waals surface area contributed by atoms with Gasteiger partial charge in [0.25, 0.3) is 0 Å². The number of sulfonamides is 1. The lowest BCUT2D eigenvalue weighted by atomic mass is 10.1. The van der Waals surface area contributed by atoms with E-state index >= 15 is 0 Å². The Kier molecular flexibility index (Phi) is 4.34. The summed E-state index contributed by atoms with van der Waals surface area (Å²) in [6.45, 7) is 1.98. The number of fused-ring (bicyclic) bond motifs is 1. The maximum Gasteiger partial charge on any atom is 0.243 e. The predicted octanol–water partition coefficient (Wildman–Crippen LogP) is 3.50. The van der Waals surface area contributed by atoms with Crippen LogP contribution in [0.5, 0.6) is 0 Å². The van der Waals surface area contributed by atoms with Crippen LogP contribution >= 0.6 is 0 Å². The van der Waals surface area contributed by atoms with Crippen LogP contribution in [0.4, 0.5) is 4.39 Å². The lowest BCUT2D eigenvalue weighted by Crippen LogP contribution is -2.26.